The van der Waals surface area contributed by atoms with Gasteiger partial charge >= 0.3 is 0 Å². The molecule has 28 heavy (non-hydrogen) atoms. The van der Waals surface area contributed by atoms with Crippen LogP contribution in [0.3, 0.4) is 0 Å². The Morgan fingerprint density at radius 1 is 0.964 bits per heavy atom. The minimum atomic E-state index is -0.318. The zero-order valence-electron chi connectivity index (χ0n) is 16.2. The van der Waals surface area contributed by atoms with Crippen molar-refractivity contribution in [1.82, 2.24) is 9.97 Å². The maximum Gasteiger partial charge on any atom is 0.275 e. The number of carbonyl (C=O) groups excluding carboxylic acids is 1. The largest absolute Gasteiger partial charge is 0.365 e. The van der Waals surface area contributed by atoms with Crippen molar-refractivity contribution in [2.75, 3.05) is 10.6 Å². The van der Waals surface area contributed by atoms with E-state index in [1.807, 2.05) is 24.3 Å². The maximum atomic E-state index is 12.9. The third kappa shape index (κ3) is 5.13. The van der Waals surface area contributed by atoms with Crippen LogP contribution >= 0.6 is 0 Å². The Hall–Kier alpha value is -3.28. The fourth-order valence-electron chi connectivity index (χ4n) is 2.58. The molecular weight excluding hydrogens is 355 g/mol. The summed E-state index contributed by atoms with van der Waals surface area (Å²) in [4.78, 5) is 20.7. The molecule has 3 rings (SSSR count). The van der Waals surface area contributed by atoms with Crippen molar-refractivity contribution in [2.24, 2.45) is 0 Å². The minimum absolute atomic E-state index is 0.0603. The summed E-state index contributed by atoms with van der Waals surface area (Å²) < 4.78 is 12.9. The monoisotopic (exact) mass is 378 g/mol. The molecule has 0 aliphatic rings. The van der Waals surface area contributed by atoms with Gasteiger partial charge in [0.1, 0.15) is 17.3 Å². The average Bonchev–Trinajstić information content (AvgIpc) is 2.67. The molecule has 1 aromatic heterocycles. The minimum Gasteiger partial charge on any atom is -0.365 e. The van der Waals surface area contributed by atoms with Gasteiger partial charge in [-0.15, -0.1) is 0 Å². The fourth-order valence-corrected chi connectivity index (χ4v) is 2.58. The number of nitrogens with zero attached hydrogens (tertiary/aromatic N) is 2. The van der Waals surface area contributed by atoms with Gasteiger partial charge in [0, 0.05) is 12.2 Å². The Labute approximate surface area is 164 Å². The number of halogens is 1. The second-order valence-corrected chi connectivity index (χ2v) is 7.55. The molecule has 0 aliphatic heterocycles. The lowest BCUT2D eigenvalue weighted by atomic mass is 9.87. The first-order chi connectivity index (χ1) is 13.3. The lowest BCUT2D eigenvalue weighted by Gasteiger charge is -2.19. The van der Waals surface area contributed by atoms with Crippen LogP contribution in [0, 0.1) is 5.82 Å². The molecule has 6 heteroatoms. The SMILES string of the molecule is CC(C)(C)c1ccc(NC(=O)c2cnc(NCc3ccc(F)cc3)cn2)cc1. The number of benzene rings is 2. The topological polar surface area (TPSA) is 66.9 Å². The molecular formula is C22H23FN4O. The quantitative estimate of drug-likeness (QED) is 0.671. The number of nitrogens with one attached hydrogen (secondary N) is 2. The predicted molar refractivity (Wildman–Crippen MR) is 109 cm³/mol. The predicted octanol–water partition coefficient (Wildman–Crippen LogP) is 4.78. The smallest absolute Gasteiger partial charge is 0.275 e. The summed E-state index contributed by atoms with van der Waals surface area (Å²) in [6.07, 6.45) is 2.92. The van der Waals surface area contributed by atoms with E-state index in [4.69, 9.17) is 0 Å². The first-order valence-electron chi connectivity index (χ1n) is 9.03. The summed E-state index contributed by atoms with van der Waals surface area (Å²) in [5.41, 5.74) is 3.11. The molecule has 2 N–H and O–H groups in total. The molecule has 1 heterocycles. The van der Waals surface area contributed by atoms with Gasteiger partial charge in [0.25, 0.3) is 5.91 Å². The van der Waals surface area contributed by atoms with Gasteiger partial charge < -0.3 is 10.6 Å². The number of aromatic nitrogens is 2. The van der Waals surface area contributed by atoms with Crippen molar-refractivity contribution in [3.63, 3.8) is 0 Å². The molecule has 0 saturated heterocycles. The first-order valence-corrected chi connectivity index (χ1v) is 9.03. The number of carbonyl (C=O) groups is 1. The van der Waals surface area contributed by atoms with Crippen molar-refractivity contribution in [1.29, 1.82) is 0 Å². The van der Waals surface area contributed by atoms with Gasteiger partial charge in [-0.1, -0.05) is 45.0 Å². The number of anilines is 2. The molecule has 144 valence electrons. The van der Waals surface area contributed by atoms with Gasteiger partial charge in [-0.3, -0.25) is 4.79 Å². The number of amides is 1. The second kappa shape index (κ2) is 8.17. The van der Waals surface area contributed by atoms with E-state index in [9.17, 15) is 9.18 Å². The number of rotatable bonds is 5. The van der Waals surface area contributed by atoms with E-state index in [0.717, 1.165) is 5.56 Å². The van der Waals surface area contributed by atoms with Gasteiger partial charge in [0.2, 0.25) is 0 Å². The first kappa shape index (κ1) is 19.5. The molecule has 0 saturated carbocycles. The number of hydrogen-bond acceptors (Lipinski definition) is 4. The van der Waals surface area contributed by atoms with Gasteiger partial charge in [0.15, 0.2) is 0 Å². The molecule has 0 radical (unpaired) electrons. The van der Waals surface area contributed by atoms with Crippen LogP contribution in [-0.4, -0.2) is 15.9 Å². The Morgan fingerprint density at radius 3 is 2.21 bits per heavy atom. The summed E-state index contributed by atoms with van der Waals surface area (Å²) in [6.45, 7) is 6.91. The highest BCUT2D eigenvalue weighted by atomic mass is 19.1. The molecule has 0 spiro atoms. The lowest BCUT2D eigenvalue weighted by molar-refractivity contribution is 0.102. The molecule has 1 amide bonds. The van der Waals surface area contributed by atoms with Gasteiger partial charge in [-0.25, -0.2) is 14.4 Å². The van der Waals surface area contributed by atoms with Crippen LogP contribution < -0.4 is 10.6 Å². The van der Waals surface area contributed by atoms with Gasteiger partial charge in [-0.05, 0) is 40.8 Å². The van der Waals surface area contributed by atoms with Crippen LogP contribution in [0.15, 0.2) is 60.9 Å². The molecule has 0 unspecified atom stereocenters. The third-order valence-electron chi connectivity index (χ3n) is 4.28. The van der Waals surface area contributed by atoms with E-state index >= 15 is 0 Å². The standard InChI is InChI=1S/C22H23FN4O/c1-22(2,3)16-6-10-18(11-7-16)27-21(28)19-13-26-20(14-24-19)25-12-15-4-8-17(23)9-5-15/h4-11,13-14H,12H2,1-3H3,(H,25,26)(H,27,28). The summed E-state index contributed by atoms with van der Waals surface area (Å²) in [5, 5.41) is 5.91. The van der Waals surface area contributed by atoms with Crippen molar-refractivity contribution in [2.45, 2.75) is 32.7 Å². The molecule has 3 aromatic rings. The van der Waals surface area contributed by atoms with Crippen molar-refractivity contribution in [3.8, 4) is 0 Å². The van der Waals surface area contributed by atoms with Crippen LogP contribution in [0.2, 0.25) is 0 Å². The van der Waals surface area contributed by atoms with E-state index in [-0.39, 0.29) is 22.8 Å². The summed E-state index contributed by atoms with van der Waals surface area (Å²) in [7, 11) is 0. The Morgan fingerprint density at radius 2 is 1.64 bits per heavy atom. The Kier molecular flexibility index (Phi) is 5.68. The third-order valence-corrected chi connectivity index (χ3v) is 4.28. The zero-order valence-corrected chi connectivity index (χ0v) is 16.2. The average molecular weight is 378 g/mol. The van der Waals surface area contributed by atoms with E-state index in [0.29, 0.717) is 18.1 Å². The molecule has 0 aliphatic carbocycles. The summed E-state index contributed by atoms with van der Waals surface area (Å²) >= 11 is 0. The van der Waals surface area contributed by atoms with Crippen LogP contribution in [-0.2, 0) is 12.0 Å². The van der Waals surface area contributed by atoms with E-state index in [2.05, 4.69) is 41.4 Å². The van der Waals surface area contributed by atoms with Gasteiger partial charge in [-0.2, -0.15) is 0 Å². The van der Waals surface area contributed by atoms with E-state index < -0.39 is 0 Å². The van der Waals surface area contributed by atoms with Gasteiger partial charge in [0.05, 0.1) is 12.4 Å². The maximum absolute atomic E-state index is 12.9. The molecule has 0 bridgehead atoms. The lowest BCUT2D eigenvalue weighted by Crippen LogP contribution is -2.15. The van der Waals surface area contributed by atoms with Crippen LogP contribution in [0.4, 0.5) is 15.9 Å². The van der Waals surface area contributed by atoms with E-state index in [1.54, 1.807) is 12.1 Å². The highest BCUT2D eigenvalue weighted by Crippen LogP contribution is 2.23. The van der Waals surface area contributed by atoms with Crippen LogP contribution in [0.5, 0.6) is 0 Å². The molecule has 0 atom stereocenters. The normalized spacial score (nSPS) is 11.1. The van der Waals surface area contributed by atoms with Crippen LogP contribution in [0.1, 0.15) is 42.4 Å². The molecule has 5 nitrogen and oxygen atoms in total. The Balaban J connectivity index is 1.58. The summed E-state index contributed by atoms with van der Waals surface area (Å²) in [6, 6.07) is 14.0. The fraction of sp³-hybridized carbons (Fsp3) is 0.227. The second-order valence-electron chi connectivity index (χ2n) is 7.55. The van der Waals surface area contributed by atoms with E-state index in [1.165, 1.54) is 30.1 Å². The highest BCUT2D eigenvalue weighted by Gasteiger charge is 2.14. The summed E-state index contributed by atoms with van der Waals surface area (Å²) in [5.74, 6) is -0.0524. The van der Waals surface area contributed by atoms with Crippen molar-refractivity contribution < 1.29 is 9.18 Å². The Bertz CT molecular complexity index is 930. The van der Waals surface area contributed by atoms with Crippen molar-refractivity contribution in [3.05, 3.63) is 83.6 Å². The molecule has 0 fully saturated rings. The van der Waals surface area contributed by atoms with Crippen LogP contribution in [0.25, 0.3) is 0 Å². The van der Waals surface area contributed by atoms with Crippen molar-refractivity contribution >= 4 is 17.4 Å². The zero-order chi connectivity index (χ0) is 20.1. The molecule has 2 aromatic carbocycles. The highest BCUT2D eigenvalue weighted by molar-refractivity contribution is 6.02. The number of hydrogen-bond donors (Lipinski definition) is 2.